The Morgan fingerprint density at radius 3 is 2.94 bits per heavy atom. The smallest absolute Gasteiger partial charge is 0.0897 e. The van der Waals surface area contributed by atoms with E-state index in [4.69, 9.17) is 9.47 Å². The van der Waals surface area contributed by atoms with Crippen LogP contribution in [0.25, 0.3) is 0 Å². The highest BCUT2D eigenvalue weighted by molar-refractivity contribution is 4.71. The maximum atomic E-state index is 9.78. The van der Waals surface area contributed by atoms with Gasteiger partial charge in [-0.25, -0.2) is 0 Å². The standard InChI is InChI=1S/C14H29NO3/c1-12-5-3-6-14(9-12)18-11-13(16)10-15-7-4-8-17-2/h12-16H,3-11H2,1-2H3. The topological polar surface area (TPSA) is 50.7 Å². The van der Waals surface area contributed by atoms with Crippen LogP contribution >= 0.6 is 0 Å². The number of aliphatic hydroxyl groups excluding tert-OH is 1. The molecule has 0 aliphatic heterocycles. The van der Waals surface area contributed by atoms with Gasteiger partial charge in [-0.1, -0.05) is 19.8 Å². The first-order valence-corrected chi connectivity index (χ1v) is 7.21. The van der Waals surface area contributed by atoms with Crippen LogP contribution in [0.5, 0.6) is 0 Å². The van der Waals surface area contributed by atoms with Gasteiger partial charge in [-0.2, -0.15) is 0 Å². The number of hydrogen-bond donors (Lipinski definition) is 2. The van der Waals surface area contributed by atoms with E-state index in [0.717, 1.165) is 38.3 Å². The number of hydrogen-bond acceptors (Lipinski definition) is 4. The second-order valence-corrected chi connectivity index (χ2v) is 5.43. The van der Waals surface area contributed by atoms with Crippen molar-refractivity contribution in [2.75, 3.05) is 33.4 Å². The number of methoxy groups -OCH3 is 1. The summed E-state index contributed by atoms with van der Waals surface area (Å²) in [6, 6.07) is 0. The van der Waals surface area contributed by atoms with E-state index in [1.807, 2.05) is 0 Å². The van der Waals surface area contributed by atoms with Gasteiger partial charge in [0.25, 0.3) is 0 Å². The average Bonchev–Trinajstić information content (AvgIpc) is 2.36. The summed E-state index contributed by atoms with van der Waals surface area (Å²) in [6.07, 6.45) is 5.82. The Morgan fingerprint density at radius 1 is 1.39 bits per heavy atom. The first-order chi connectivity index (χ1) is 8.72. The molecule has 1 aliphatic carbocycles. The molecule has 3 unspecified atom stereocenters. The van der Waals surface area contributed by atoms with E-state index in [1.54, 1.807) is 7.11 Å². The molecule has 0 bridgehead atoms. The fraction of sp³-hybridized carbons (Fsp3) is 1.00. The predicted octanol–water partition coefficient (Wildman–Crippen LogP) is 1.57. The molecule has 0 saturated heterocycles. The van der Waals surface area contributed by atoms with Crippen LogP contribution in [0.4, 0.5) is 0 Å². The van der Waals surface area contributed by atoms with E-state index in [0.29, 0.717) is 19.3 Å². The molecule has 4 nitrogen and oxygen atoms in total. The van der Waals surface area contributed by atoms with Gasteiger partial charge in [-0.15, -0.1) is 0 Å². The van der Waals surface area contributed by atoms with Crippen molar-refractivity contribution >= 4 is 0 Å². The van der Waals surface area contributed by atoms with Crippen LogP contribution in [0, 0.1) is 5.92 Å². The Kier molecular flexibility index (Phi) is 8.59. The Hall–Kier alpha value is -0.160. The van der Waals surface area contributed by atoms with Crippen molar-refractivity contribution in [3.05, 3.63) is 0 Å². The lowest BCUT2D eigenvalue weighted by Gasteiger charge is -2.27. The lowest BCUT2D eigenvalue weighted by Crippen LogP contribution is -2.33. The number of rotatable bonds is 9. The lowest BCUT2D eigenvalue weighted by atomic mass is 9.89. The van der Waals surface area contributed by atoms with E-state index in [-0.39, 0.29) is 0 Å². The molecule has 4 heteroatoms. The summed E-state index contributed by atoms with van der Waals surface area (Å²) in [6.45, 7) is 4.98. The van der Waals surface area contributed by atoms with E-state index < -0.39 is 6.10 Å². The van der Waals surface area contributed by atoms with Gasteiger partial charge < -0.3 is 19.9 Å². The first-order valence-electron chi connectivity index (χ1n) is 7.21. The quantitative estimate of drug-likeness (QED) is 0.617. The molecule has 2 N–H and O–H groups in total. The zero-order valence-corrected chi connectivity index (χ0v) is 11.9. The molecule has 0 heterocycles. The Labute approximate surface area is 111 Å². The van der Waals surface area contributed by atoms with Gasteiger partial charge in [0.1, 0.15) is 0 Å². The Morgan fingerprint density at radius 2 is 2.22 bits per heavy atom. The minimum Gasteiger partial charge on any atom is -0.389 e. The van der Waals surface area contributed by atoms with Crippen LogP contribution in [-0.2, 0) is 9.47 Å². The third-order valence-electron chi connectivity index (χ3n) is 3.49. The van der Waals surface area contributed by atoms with Crippen LogP contribution in [0.3, 0.4) is 0 Å². The second kappa shape index (κ2) is 9.73. The molecule has 108 valence electrons. The molecule has 0 amide bonds. The number of aliphatic hydroxyl groups is 1. The van der Waals surface area contributed by atoms with Gasteiger partial charge >= 0.3 is 0 Å². The summed E-state index contributed by atoms with van der Waals surface area (Å²) < 4.78 is 10.7. The Balaban J connectivity index is 1.97. The average molecular weight is 259 g/mol. The third kappa shape index (κ3) is 7.31. The minimum atomic E-state index is -0.398. The molecule has 1 rings (SSSR count). The second-order valence-electron chi connectivity index (χ2n) is 5.43. The summed E-state index contributed by atoms with van der Waals surface area (Å²) >= 11 is 0. The van der Waals surface area contributed by atoms with Crippen molar-refractivity contribution in [3.63, 3.8) is 0 Å². The van der Waals surface area contributed by atoms with Crippen molar-refractivity contribution in [3.8, 4) is 0 Å². The molecule has 1 saturated carbocycles. The molecule has 1 fully saturated rings. The van der Waals surface area contributed by atoms with Gasteiger partial charge in [0.05, 0.1) is 18.8 Å². The largest absolute Gasteiger partial charge is 0.389 e. The third-order valence-corrected chi connectivity index (χ3v) is 3.49. The van der Waals surface area contributed by atoms with Crippen molar-refractivity contribution in [2.45, 2.75) is 51.2 Å². The molecular formula is C14H29NO3. The molecular weight excluding hydrogens is 230 g/mol. The summed E-state index contributed by atoms with van der Waals surface area (Å²) in [5.74, 6) is 0.771. The van der Waals surface area contributed by atoms with E-state index in [1.165, 1.54) is 12.8 Å². The summed E-state index contributed by atoms with van der Waals surface area (Å²) in [5.41, 5.74) is 0. The van der Waals surface area contributed by atoms with Crippen LogP contribution in [-0.4, -0.2) is 50.7 Å². The predicted molar refractivity (Wildman–Crippen MR) is 72.7 cm³/mol. The van der Waals surface area contributed by atoms with Crippen molar-refractivity contribution < 1.29 is 14.6 Å². The van der Waals surface area contributed by atoms with E-state index in [9.17, 15) is 5.11 Å². The van der Waals surface area contributed by atoms with Crippen LogP contribution in [0.2, 0.25) is 0 Å². The number of ether oxygens (including phenoxy) is 2. The van der Waals surface area contributed by atoms with E-state index >= 15 is 0 Å². The zero-order chi connectivity index (χ0) is 13.2. The fourth-order valence-corrected chi connectivity index (χ4v) is 2.45. The highest BCUT2D eigenvalue weighted by atomic mass is 16.5. The summed E-state index contributed by atoms with van der Waals surface area (Å²) in [5, 5.41) is 13.0. The summed E-state index contributed by atoms with van der Waals surface area (Å²) in [7, 11) is 1.70. The maximum absolute atomic E-state index is 9.78. The fourth-order valence-electron chi connectivity index (χ4n) is 2.45. The molecule has 0 aromatic heterocycles. The van der Waals surface area contributed by atoms with Crippen molar-refractivity contribution in [1.82, 2.24) is 5.32 Å². The van der Waals surface area contributed by atoms with Crippen molar-refractivity contribution in [1.29, 1.82) is 0 Å². The minimum absolute atomic E-state index is 0.358. The van der Waals surface area contributed by atoms with Gasteiger partial charge in [0.2, 0.25) is 0 Å². The number of nitrogens with one attached hydrogen (secondary N) is 1. The maximum Gasteiger partial charge on any atom is 0.0897 e. The molecule has 0 radical (unpaired) electrons. The highest BCUT2D eigenvalue weighted by Crippen LogP contribution is 2.25. The van der Waals surface area contributed by atoms with Crippen LogP contribution in [0.1, 0.15) is 39.0 Å². The molecule has 1 aliphatic rings. The van der Waals surface area contributed by atoms with Gasteiger partial charge in [-0.3, -0.25) is 0 Å². The molecule has 0 aromatic rings. The van der Waals surface area contributed by atoms with E-state index in [2.05, 4.69) is 12.2 Å². The lowest BCUT2D eigenvalue weighted by molar-refractivity contribution is -0.0306. The molecule has 0 spiro atoms. The van der Waals surface area contributed by atoms with Gasteiger partial charge in [-0.05, 0) is 31.7 Å². The molecule has 0 aromatic carbocycles. The molecule has 18 heavy (non-hydrogen) atoms. The van der Waals surface area contributed by atoms with Crippen molar-refractivity contribution in [2.24, 2.45) is 5.92 Å². The Bertz CT molecular complexity index is 201. The van der Waals surface area contributed by atoms with Crippen LogP contribution in [0.15, 0.2) is 0 Å². The van der Waals surface area contributed by atoms with Gasteiger partial charge in [0.15, 0.2) is 0 Å². The summed E-state index contributed by atoms with van der Waals surface area (Å²) in [4.78, 5) is 0. The molecule has 3 atom stereocenters. The van der Waals surface area contributed by atoms with Crippen LogP contribution < -0.4 is 5.32 Å². The monoisotopic (exact) mass is 259 g/mol. The SMILES string of the molecule is COCCCNCC(O)COC1CCCC(C)C1. The first kappa shape index (κ1) is 15.9. The normalized spacial score (nSPS) is 26.2. The zero-order valence-electron chi connectivity index (χ0n) is 11.9. The van der Waals surface area contributed by atoms with Gasteiger partial charge in [0, 0.05) is 20.3 Å². The highest BCUT2D eigenvalue weighted by Gasteiger charge is 2.20.